The van der Waals surface area contributed by atoms with E-state index in [1.807, 2.05) is 0 Å². The van der Waals surface area contributed by atoms with E-state index < -0.39 is 0 Å². The molecule has 0 unspecified atom stereocenters. The molecule has 68 valence electrons. The third-order valence-electron chi connectivity index (χ3n) is 1.68. The molecular formula is C11H12FN. The summed E-state index contributed by atoms with van der Waals surface area (Å²) < 4.78 is 12.5. The quantitative estimate of drug-likeness (QED) is 0.684. The van der Waals surface area contributed by atoms with Crippen molar-refractivity contribution in [3.8, 4) is 11.8 Å². The molecule has 0 aromatic heterocycles. The Labute approximate surface area is 77.8 Å². The van der Waals surface area contributed by atoms with Crippen molar-refractivity contribution in [3.05, 3.63) is 35.6 Å². The van der Waals surface area contributed by atoms with Gasteiger partial charge in [-0.3, -0.25) is 0 Å². The zero-order chi connectivity index (χ0) is 9.52. The molecule has 0 saturated carbocycles. The highest BCUT2D eigenvalue weighted by atomic mass is 19.1. The fraction of sp³-hybridized carbons (Fsp3) is 0.273. The Balaban J connectivity index is 2.41. The van der Waals surface area contributed by atoms with Gasteiger partial charge in [0, 0.05) is 6.42 Å². The Kier molecular flexibility index (Phi) is 4.01. The van der Waals surface area contributed by atoms with Gasteiger partial charge in [0.2, 0.25) is 0 Å². The Hall–Kier alpha value is -1.33. The Morgan fingerprint density at radius 3 is 2.46 bits per heavy atom. The summed E-state index contributed by atoms with van der Waals surface area (Å²) in [7, 11) is 0. The summed E-state index contributed by atoms with van der Waals surface area (Å²) in [5, 5.41) is 0. The molecule has 0 saturated heterocycles. The first-order valence-electron chi connectivity index (χ1n) is 4.23. The fourth-order valence-corrected chi connectivity index (χ4v) is 1.02. The van der Waals surface area contributed by atoms with E-state index in [0.29, 0.717) is 6.54 Å². The average Bonchev–Trinajstić information content (AvgIpc) is 2.15. The molecule has 2 heteroatoms. The Morgan fingerprint density at radius 1 is 1.15 bits per heavy atom. The average molecular weight is 177 g/mol. The van der Waals surface area contributed by atoms with Crippen LogP contribution in [0.3, 0.4) is 0 Å². The van der Waals surface area contributed by atoms with E-state index in [0.717, 1.165) is 18.4 Å². The molecule has 13 heavy (non-hydrogen) atoms. The minimum Gasteiger partial charge on any atom is -0.320 e. The topological polar surface area (TPSA) is 26.0 Å². The molecule has 0 spiro atoms. The summed E-state index contributed by atoms with van der Waals surface area (Å²) in [6.07, 6.45) is 1.64. The number of aryl methyl sites for hydroxylation is 1. The van der Waals surface area contributed by atoms with Gasteiger partial charge >= 0.3 is 0 Å². The molecule has 2 N–H and O–H groups in total. The standard InChI is InChI=1S/C11H12FN/c12-11-7-5-10(6-8-11)4-2-1-3-9-13/h5-8H,2,4,9,13H2. The predicted molar refractivity (Wildman–Crippen MR) is 51.6 cm³/mol. The van der Waals surface area contributed by atoms with Crippen molar-refractivity contribution < 1.29 is 4.39 Å². The molecule has 0 bridgehead atoms. The van der Waals surface area contributed by atoms with Crippen LogP contribution >= 0.6 is 0 Å². The van der Waals surface area contributed by atoms with E-state index >= 15 is 0 Å². The van der Waals surface area contributed by atoms with Gasteiger partial charge in [-0.25, -0.2) is 4.39 Å². The lowest BCUT2D eigenvalue weighted by molar-refractivity contribution is 0.627. The molecule has 0 aliphatic carbocycles. The van der Waals surface area contributed by atoms with Crippen LogP contribution in [0, 0.1) is 17.7 Å². The number of nitrogens with two attached hydrogens (primary N) is 1. The third kappa shape index (κ3) is 3.73. The second kappa shape index (κ2) is 5.34. The first kappa shape index (κ1) is 9.76. The van der Waals surface area contributed by atoms with Crippen LogP contribution in [0.25, 0.3) is 0 Å². The number of hydrogen-bond donors (Lipinski definition) is 1. The number of benzene rings is 1. The zero-order valence-electron chi connectivity index (χ0n) is 7.39. The highest BCUT2D eigenvalue weighted by Crippen LogP contribution is 2.04. The normalized spacial score (nSPS) is 9.08. The van der Waals surface area contributed by atoms with Crippen molar-refractivity contribution in [2.75, 3.05) is 6.54 Å². The van der Waals surface area contributed by atoms with Gasteiger partial charge in [-0.1, -0.05) is 18.1 Å². The van der Waals surface area contributed by atoms with E-state index in [9.17, 15) is 4.39 Å². The van der Waals surface area contributed by atoms with Crippen LogP contribution in [0.1, 0.15) is 12.0 Å². The van der Waals surface area contributed by atoms with E-state index in [1.165, 1.54) is 12.1 Å². The first-order chi connectivity index (χ1) is 6.33. The molecule has 1 rings (SSSR count). The van der Waals surface area contributed by atoms with Gasteiger partial charge < -0.3 is 5.73 Å². The first-order valence-corrected chi connectivity index (χ1v) is 4.23. The predicted octanol–water partition coefficient (Wildman–Crippen LogP) is 1.72. The van der Waals surface area contributed by atoms with Crippen LogP contribution in [-0.4, -0.2) is 6.54 Å². The van der Waals surface area contributed by atoms with E-state index in [4.69, 9.17) is 5.73 Å². The maximum atomic E-state index is 12.5. The van der Waals surface area contributed by atoms with Crippen LogP contribution in [0.4, 0.5) is 4.39 Å². The van der Waals surface area contributed by atoms with Gasteiger partial charge in [0.1, 0.15) is 5.82 Å². The van der Waals surface area contributed by atoms with Gasteiger partial charge in [0.25, 0.3) is 0 Å². The molecule has 1 nitrogen and oxygen atoms in total. The highest BCUT2D eigenvalue weighted by Gasteiger charge is 1.91. The molecule has 0 heterocycles. The van der Waals surface area contributed by atoms with Crippen molar-refractivity contribution >= 4 is 0 Å². The molecular weight excluding hydrogens is 165 g/mol. The van der Waals surface area contributed by atoms with E-state index in [-0.39, 0.29) is 5.82 Å². The maximum Gasteiger partial charge on any atom is 0.123 e. The minimum atomic E-state index is -0.197. The molecule has 1 aromatic carbocycles. The van der Waals surface area contributed by atoms with Gasteiger partial charge in [-0.15, -0.1) is 5.92 Å². The van der Waals surface area contributed by atoms with E-state index in [2.05, 4.69) is 11.8 Å². The Morgan fingerprint density at radius 2 is 1.85 bits per heavy atom. The Bertz CT molecular complexity index is 305. The summed E-state index contributed by atoms with van der Waals surface area (Å²) in [4.78, 5) is 0. The van der Waals surface area contributed by atoms with Crippen LogP contribution in [0.15, 0.2) is 24.3 Å². The number of halogens is 1. The molecule has 0 aliphatic heterocycles. The highest BCUT2D eigenvalue weighted by molar-refractivity contribution is 5.17. The van der Waals surface area contributed by atoms with E-state index in [1.54, 1.807) is 12.1 Å². The monoisotopic (exact) mass is 177 g/mol. The van der Waals surface area contributed by atoms with Crippen LogP contribution in [0.2, 0.25) is 0 Å². The van der Waals surface area contributed by atoms with Crippen molar-refractivity contribution in [1.82, 2.24) is 0 Å². The molecule has 1 aromatic rings. The summed E-state index contributed by atoms with van der Waals surface area (Å²) in [5.41, 5.74) is 6.31. The largest absolute Gasteiger partial charge is 0.320 e. The number of rotatable bonds is 2. The van der Waals surface area contributed by atoms with Gasteiger partial charge in [-0.2, -0.15) is 0 Å². The van der Waals surface area contributed by atoms with Crippen molar-refractivity contribution in [2.45, 2.75) is 12.8 Å². The van der Waals surface area contributed by atoms with Crippen molar-refractivity contribution in [2.24, 2.45) is 5.73 Å². The lowest BCUT2D eigenvalue weighted by Crippen LogP contribution is -1.93. The third-order valence-corrected chi connectivity index (χ3v) is 1.68. The fourth-order valence-electron chi connectivity index (χ4n) is 1.02. The lowest BCUT2D eigenvalue weighted by atomic mass is 10.1. The van der Waals surface area contributed by atoms with Crippen LogP contribution < -0.4 is 5.73 Å². The molecule has 0 atom stereocenters. The second-order valence-electron chi connectivity index (χ2n) is 2.68. The second-order valence-corrected chi connectivity index (χ2v) is 2.68. The summed E-state index contributed by atoms with van der Waals surface area (Å²) in [6.45, 7) is 0.406. The molecule has 0 fully saturated rings. The molecule has 0 radical (unpaired) electrons. The lowest BCUT2D eigenvalue weighted by Gasteiger charge is -1.95. The maximum absolute atomic E-state index is 12.5. The molecule has 0 amide bonds. The number of hydrogen-bond acceptors (Lipinski definition) is 1. The van der Waals surface area contributed by atoms with Crippen molar-refractivity contribution in [1.29, 1.82) is 0 Å². The van der Waals surface area contributed by atoms with Crippen LogP contribution in [-0.2, 0) is 6.42 Å². The summed E-state index contributed by atoms with van der Waals surface area (Å²) in [5.74, 6) is 5.52. The summed E-state index contributed by atoms with van der Waals surface area (Å²) in [6, 6.07) is 6.48. The smallest absolute Gasteiger partial charge is 0.123 e. The SMILES string of the molecule is NCC#CCCc1ccc(F)cc1. The summed E-state index contributed by atoms with van der Waals surface area (Å²) >= 11 is 0. The van der Waals surface area contributed by atoms with Gasteiger partial charge in [0.05, 0.1) is 6.54 Å². The van der Waals surface area contributed by atoms with Gasteiger partial charge in [-0.05, 0) is 24.1 Å². The zero-order valence-corrected chi connectivity index (χ0v) is 7.39. The van der Waals surface area contributed by atoms with Crippen molar-refractivity contribution in [3.63, 3.8) is 0 Å². The molecule has 0 aliphatic rings. The minimum absolute atomic E-state index is 0.197. The van der Waals surface area contributed by atoms with Gasteiger partial charge in [0.15, 0.2) is 0 Å². The van der Waals surface area contributed by atoms with Crippen LogP contribution in [0.5, 0.6) is 0 Å².